The van der Waals surface area contributed by atoms with Crippen molar-refractivity contribution in [1.82, 2.24) is 29.4 Å². The third kappa shape index (κ3) is 35.8. The summed E-state index contributed by atoms with van der Waals surface area (Å²) in [5, 5.41) is 31.0. The van der Waals surface area contributed by atoms with Gasteiger partial charge in [0.15, 0.2) is 0 Å². The molecule has 6 unspecified atom stereocenters. The average molecular weight is 1330 g/mol. The quantitative estimate of drug-likeness (QED) is 0.0124. The van der Waals surface area contributed by atoms with Gasteiger partial charge in [0.25, 0.3) is 60.7 Å². The van der Waals surface area contributed by atoms with Crippen molar-refractivity contribution in [2.45, 2.75) is 101 Å². The standard InChI is InChI=1S/C44H93N7O24S6Si/c1-4-5-6-7-8-9-10-24-51(2,3)25-11-26-82(73-42(36-79(64,65)66)30-48-18-12-45(13-19-48)27-39(52)33-76(55,56)57,74-43(37-80(67,68)69)31-49-20-14-46(15-21-49)28-40(53)34-77(58,59)60)75-44(38-81(70,71)72)32-50-22-16-47(17-23-50)29-41(54)35-78(61,62)63/h39-44,52-54H,4-38H2,1-3H3,(H5-,55,56,57,58,59,60,61,62,63,64,65,66,67,68,69,70,71,72)/p+1. The number of piperazine rings is 3. The Hall–Kier alpha value is -0.843. The van der Waals surface area contributed by atoms with E-state index in [-0.39, 0.29) is 130 Å². The van der Waals surface area contributed by atoms with E-state index in [1.54, 1.807) is 29.4 Å². The van der Waals surface area contributed by atoms with Gasteiger partial charge < -0.3 is 33.1 Å². The van der Waals surface area contributed by atoms with Gasteiger partial charge in [-0.3, -0.25) is 56.7 Å². The van der Waals surface area contributed by atoms with Crippen LogP contribution in [0.15, 0.2) is 0 Å². The highest BCUT2D eigenvalue weighted by Crippen LogP contribution is 2.29. The molecule has 3 aliphatic heterocycles. The number of rotatable bonds is 42. The van der Waals surface area contributed by atoms with Crippen LogP contribution in [0.2, 0.25) is 6.04 Å². The summed E-state index contributed by atoms with van der Waals surface area (Å²) < 4.78 is 227. The Kier molecular flexibility index (Phi) is 31.5. The van der Waals surface area contributed by atoms with Crippen LogP contribution < -0.4 is 0 Å². The third-order valence-electron chi connectivity index (χ3n) is 14.2. The molecule has 3 fully saturated rings. The molecule has 38 heteroatoms. The molecule has 31 nitrogen and oxygen atoms in total. The van der Waals surface area contributed by atoms with E-state index in [1.807, 2.05) is 14.1 Å². The van der Waals surface area contributed by atoms with E-state index < -0.39 is 141 Å². The Labute approximate surface area is 487 Å². The van der Waals surface area contributed by atoms with Crippen molar-refractivity contribution in [2.75, 3.05) is 180 Å². The molecule has 0 amide bonds. The number of aliphatic hydroxyl groups is 3. The lowest BCUT2D eigenvalue weighted by atomic mass is 10.1. The fourth-order valence-corrected chi connectivity index (χ4v) is 17.7. The van der Waals surface area contributed by atoms with Gasteiger partial charge in [-0.15, -0.1) is 0 Å². The van der Waals surface area contributed by atoms with Crippen LogP contribution in [0.4, 0.5) is 0 Å². The number of hydrogen-bond donors (Lipinski definition) is 9. The van der Waals surface area contributed by atoms with Gasteiger partial charge in [0, 0.05) is 130 Å². The number of hydrogen-bond acceptors (Lipinski definition) is 24. The molecule has 0 aliphatic carbocycles. The molecular weight excluding hydrogens is 1230 g/mol. The maximum absolute atomic E-state index is 13.0. The maximum atomic E-state index is 13.0. The highest BCUT2D eigenvalue weighted by Gasteiger charge is 2.50. The van der Waals surface area contributed by atoms with Crippen molar-refractivity contribution in [3.8, 4) is 0 Å². The lowest BCUT2D eigenvalue weighted by Crippen LogP contribution is -2.60. The van der Waals surface area contributed by atoms with Gasteiger partial charge in [-0.2, -0.15) is 50.5 Å². The highest BCUT2D eigenvalue weighted by molar-refractivity contribution is 7.87. The lowest BCUT2D eigenvalue weighted by Gasteiger charge is -2.43. The van der Waals surface area contributed by atoms with Crippen molar-refractivity contribution in [3.05, 3.63) is 0 Å². The monoisotopic (exact) mass is 1320 g/mol. The third-order valence-corrected chi connectivity index (χ3v) is 22.1. The second kappa shape index (κ2) is 34.2. The summed E-state index contributed by atoms with van der Waals surface area (Å²) in [4.78, 5) is 10.3. The van der Waals surface area contributed by atoms with E-state index >= 15 is 0 Å². The molecule has 0 aromatic heterocycles. The largest absolute Gasteiger partial charge is 0.502 e. The number of quaternary nitrogens is 1. The molecule has 0 aromatic carbocycles. The van der Waals surface area contributed by atoms with E-state index in [0.29, 0.717) is 17.6 Å². The van der Waals surface area contributed by atoms with E-state index in [2.05, 4.69) is 6.92 Å². The molecule has 0 bridgehead atoms. The van der Waals surface area contributed by atoms with Gasteiger partial charge >= 0.3 is 8.80 Å². The van der Waals surface area contributed by atoms with Crippen LogP contribution in [-0.4, -0.2) is 352 Å². The molecule has 488 valence electrons. The maximum Gasteiger partial charge on any atom is 0.502 e. The van der Waals surface area contributed by atoms with Crippen molar-refractivity contribution in [2.24, 2.45) is 0 Å². The van der Waals surface area contributed by atoms with E-state index in [4.69, 9.17) is 13.3 Å². The first-order chi connectivity index (χ1) is 37.7. The summed E-state index contributed by atoms with van der Waals surface area (Å²) in [6, 6.07) is -0.254. The molecule has 9 N–H and O–H groups in total. The Morgan fingerprint density at radius 3 is 0.854 bits per heavy atom. The summed E-state index contributed by atoms with van der Waals surface area (Å²) in [6.45, 7) is 3.97. The van der Waals surface area contributed by atoms with Crippen molar-refractivity contribution >= 4 is 69.5 Å². The molecule has 0 spiro atoms. The Morgan fingerprint density at radius 1 is 0.366 bits per heavy atom. The molecule has 0 radical (unpaired) electrons. The van der Waals surface area contributed by atoms with Crippen LogP contribution in [0.5, 0.6) is 0 Å². The Bertz CT molecular complexity index is 2330. The van der Waals surface area contributed by atoms with E-state index in [9.17, 15) is 93.1 Å². The predicted octanol–water partition coefficient (Wildman–Crippen LogP) is -3.44. The van der Waals surface area contributed by atoms with Crippen LogP contribution in [0.25, 0.3) is 0 Å². The summed E-state index contributed by atoms with van der Waals surface area (Å²) >= 11 is 0. The molecule has 0 saturated carbocycles. The summed E-state index contributed by atoms with van der Waals surface area (Å²) in [5.41, 5.74) is 0. The van der Waals surface area contributed by atoms with Gasteiger partial charge in [-0.05, 0) is 12.8 Å². The number of aliphatic hydroxyl groups excluding tert-OH is 3. The minimum atomic E-state index is -4.96. The second-order valence-corrected chi connectivity index (χ2v) is 34.3. The SMILES string of the molecule is CCCCCCCCC[N+](C)(C)CCC[Si](OC(CN1CCN(CC(O)CS(=O)(=O)O)CC1)CS(=O)(=O)O)(OC(CN1CCN(CC(O)CS(=O)(=O)O)CC1)CS(=O)(=O)O)OC(CN1CCN(CC(O)CS(=O)(=O)O)CC1)CS(=O)(=O)O. The molecule has 0 aromatic rings. The number of unbranched alkanes of at least 4 members (excludes halogenated alkanes) is 6. The van der Waals surface area contributed by atoms with E-state index in [0.717, 1.165) is 44.9 Å². The van der Waals surface area contributed by atoms with Gasteiger partial charge in [0.2, 0.25) is 0 Å². The van der Waals surface area contributed by atoms with Gasteiger partial charge in [-0.25, -0.2) is 0 Å². The van der Waals surface area contributed by atoms with E-state index in [1.165, 1.54) is 0 Å². The summed E-state index contributed by atoms with van der Waals surface area (Å²) in [7, 11) is -29.4. The normalized spacial score (nSPS) is 21.2. The smallest absolute Gasteiger partial charge is 0.391 e. The Balaban J connectivity index is 2.15. The average Bonchev–Trinajstić information content (AvgIpc) is 3.50. The number of β-amino-alcohol motifs (C(OH)–C–C–N with tert-alkyl or cyclic N) is 3. The zero-order valence-electron chi connectivity index (χ0n) is 47.4. The molecular formula is C44H94N7O24S6Si+. The fourth-order valence-electron chi connectivity index (χ4n) is 10.5. The van der Waals surface area contributed by atoms with Crippen LogP contribution in [-0.2, 0) is 74.0 Å². The topological polar surface area (TPSA) is 434 Å². The van der Waals surface area contributed by atoms with Crippen molar-refractivity contribution in [1.29, 1.82) is 0 Å². The van der Waals surface area contributed by atoms with Crippen LogP contribution in [0.3, 0.4) is 0 Å². The van der Waals surface area contributed by atoms with Crippen molar-refractivity contribution in [3.63, 3.8) is 0 Å². The predicted molar refractivity (Wildman–Crippen MR) is 305 cm³/mol. The molecule has 3 aliphatic rings. The first kappa shape index (κ1) is 75.4. The minimum Gasteiger partial charge on any atom is -0.391 e. The summed E-state index contributed by atoms with van der Waals surface area (Å²) in [5.74, 6) is -6.08. The first-order valence-electron chi connectivity index (χ1n) is 27.6. The highest BCUT2D eigenvalue weighted by atomic mass is 32.2. The summed E-state index contributed by atoms with van der Waals surface area (Å²) in [6.07, 6.45) is -1.64. The first-order valence-corrected chi connectivity index (χ1v) is 39.2. The number of nitrogens with zero attached hydrogens (tertiary/aromatic N) is 7. The fraction of sp³-hybridized carbons (Fsp3) is 1.00. The molecule has 82 heavy (non-hydrogen) atoms. The van der Waals surface area contributed by atoms with Crippen LogP contribution >= 0.6 is 0 Å². The second-order valence-electron chi connectivity index (χ2n) is 22.8. The minimum absolute atomic E-state index is 0.148. The zero-order valence-corrected chi connectivity index (χ0v) is 53.3. The van der Waals surface area contributed by atoms with Gasteiger partial charge in [0.05, 0.1) is 63.8 Å². The Morgan fingerprint density at radius 2 is 0.598 bits per heavy atom. The lowest BCUT2D eigenvalue weighted by molar-refractivity contribution is -0.890. The molecule has 3 saturated heterocycles. The zero-order chi connectivity index (χ0) is 61.8. The van der Waals surface area contributed by atoms with Gasteiger partial charge in [0.1, 0.15) is 34.5 Å². The van der Waals surface area contributed by atoms with Crippen molar-refractivity contribution < 1.29 is 111 Å². The molecule has 3 rings (SSSR count). The van der Waals surface area contributed by atoms with Crippen LogP contribution in [0.1, 0.15) is 58.3 Å². The molecule has 3 heterocycles. The van der Waals surface area contributed by atoms with Crippen LogP contribution in [0, 0.1) is 0 Å². The molecule has 6 atom stereocenters. The van der Waals surface area contributed by atoms with Gasteiger partial charge in [-0.1, -0.05) is 39.0 Å².